The van der Waals surface area contributed by atoms with Crippen molar-refractivity contribution in [2.45, 2.75) is 13.3 Å². The van der Waals surface area contributed by atoms with E-state index >= 15 is 0 Å². The van der Waals surface area contributed by atoms with Crippen LogP contribution in [-0.4, -0.2) is 0 Å². The summed E-state index contributed by atoms with van der Waals surface area (Å²) in [5.74, 6) is 0. The molecule has 0 saturated carbocycles. The first-order valence-corrected chi connectivity index (χ1v) is 4.23. The van der Waals surface area contributed by atoms with E-state index in [1.807, 2.05) is 0 Å². The molecule has 0 nitrogen and oxygen atoms in total. The van der Waals surface area contributed by atoms with Gasteiger partial charge in [-0.3, -0.25) is 0 Å². The molecule has 0 heteroatoms. The fraction of sp³-hybridized carbons (Fsp3) is 0.167. The highest BCUT2D eigenvalue weighted by atomic mass is 14.1. The van der Waals surface area contributed by atoms with E-state index in [-0.39, 0.29) is 0 Å². The Balaban J connectivity index is 2.57. The van der Waals surface area contributed by atoms with Gasteiger partial charge in [0, 0.05) is 0 Å². The molecule has 1 aliphatic carbocycles. The van der Waals surface area contributed by atoms with E-state index in [1.165, 1.54) is 22.3 Å². The average Bonchev–Trinajstić information content (AvgIpc) is 2.12. The van der Waals surface area contributed by atoms with Gasteiger partial charge in [-0.25, -0.2) is 0 Å². The maximum atomic E-state index is 4.07. The van der Waals surface area contributed by atoms with Gasteiger partial charge in [0.05, 0.1) is 0 Å². The molecule has 0 bridgehead atoms. The molecular weight excluding hydrogens is 144 g/mol. The Bertz CT molecular complexity index is 356. The molecule has 2 rings (SSSR count). The smallest absolute Gasteiger partial charge is 0.00854 e. The lowest BCUT2D eigenvalue weighted by molar-refractivity contribution is 1.19. The Labute approximate surface area is 73.2 Å². The van der Waals surface area contributed by atoms with Crippen molar-refractivity contribution in [1.29, 1.82) is 0 Å². The van der Waals surface area contributed by atoms with Crippen LogP contribution in [0.15, 0.2) is 42.5 Å². The predicted molar refractivity (Wildman–Crippen MR) is 52.9 cm³/mol. The third-order valence-corrected chi connectivity index (χ3v) is 2.45. The Morgan fingerprint density at radius 3 is 2.83 bits per heavy atom. The molecule has 60 valence electrons. The first-order valence-electron chi connectivity index (χ1n) is 4.23. The second kappa shape index (κ2) is 2.63. The molecule has 0 amide bonds. The number of benzene rings is 1. The van der Waals surface area contributed by atoms with Crippen LogP contribution in [0.25, 0.3) is 5.57 Å². The molecular formula is C12H12. The minimum absolute atomic E-state index is 1.06. The topological polar surface area (TPSA) is 0 Å². The highest BCUT2D eigenvalue weighted by Crippen LogP contribution is 2.29. The van der Waals surface area contributed by atoms with E-state index in [0.29, 0.717) is 0 Å². The van der Waals surface area contributed by atoms with Crippen LogP contribution in [0.3, 0.4) is 0 Å². The van der Waals surface area contributed by atoms with Crippen molar-refractivity contribution in [3.63, 3.8) is 0 Å². The Morgan fingerprint density at radius 1 is 1.25 bits per heavy atom. The van der Waals surface area contributed by atoms with Crippen LogP contribution >= 0.6 is 0 Å². The molecule has 0 unspecified atom stereocenters. The Hall–Kier alpha value is -1.30. The van der Waals surface area contributed by atoms with Crippen LogP contribution in [0.4, 0.5) is 0 Å². The molecule has 0 fully saturated rings. The predicted octanol–water partition coefficient (Wildman–Crippen LogP) is 3.20. The van der Waals surface area contributed by atoms with Crippen molar-refractivity contribution >= 4 is 5.57 Å². The summed E-state index contributed by atoms with van der Waals surface area (Å²) >= 11 is 0. The molecule has 0 heterocycles. The summed E-state index contributed by atoms with van der Waals surface area (Å²) in [7, 11) is 0. The second-order valence-corrected chi connectivity index (χ2v) is 3.23. The minimum atomic E-state index is 1.06. The van der Waals surface area contributed by atoms with Crippen LogP contribution in [0.1, 0.15) is 18.1 Å². The van der Waals surface area contributed by atoms with Crippen LogP contribution in [0, 0.1) is 0 Å². The lowest BCUT2D eigenvalue weighted by Crippen LogP contribution is -1.98. The van der Waals surface area contributed by atoms with Crippen molar-refractivity contribution in [3.8, 4) is 0 Å². The molecule has 1 aromatic carbocycles. The molecule has 0 spiro atoms. The molecule has 0 atom stereocenters. The molecule has 0 N–H and O–H groups in total. The zero-order chi connectivity index (χ0) is 8.55. The van der Waals surface area contributed by atoms with Crippen molar-refractivity contribution in [3.05, 3.63) is 53.6 Å². The molecule has 0 saturated heterocycles. The van der Waals surface area contributed by atoms with Gasteiger partial charge >= 0.3 is 0 Å². The van der Waals surface area contributed by atoms with Gasteiger partial charge in [0.15, 0.2) is 0 Å². The summed E-state index contributed by atoms with van der Waals surface area (Å²) < 4.78 is 0. The monoisotopic (exact) mass is 156 g/mol. The summed E-state index contributed by atoms with van der Waals surface area (Å²) in [6, 6.07) is 8.47. The fourth-order valence-corrected chi connectivity index (χ4v) is 1.59. The first kappa shape index (κ1) is 7.35. The van der Waals surface area contributed by atoms with Gasteiger partial charge in [0.1, 0.15) is 0 Å². The number of hydrogen-bond donors (Lipinski definition) is 0. The SMILES string of the molecule is C=C1C(C)=CCc2ccccc21. The van der Waals surface area contributed by atoms with E-state index < -0.39 is 0 Å². The van der Waals surface area contributed by atoms with E-state index in [0.717, 1.165) is 6.42 Å². The molecule has 0 aliphatic heterocycles. The zero-order valence-corrected chi connectivity index (χ0v) is 7.30. The minimum Gasteiger partial charge on any atom is -0.0909 e. The molecule has 0 radical (unpaired) electrons. The van der Waals surface area contributed by atoms with Crippen LogP contribution in [-0.2, 0) is 6.42 Å². The maximum absolute atomic E-state index is 4.07. The van der Waals surface area contributed by atoms with Gasteiger partial charge in [-0.1, -0.05) is 36.9 Å². The lowest BCUT2D eigenvalue weighted by Gasteiger charge is -2.16. The Kier molecular flexibility index (Phi) is 1.61. The standard InChI is InChI=1S/C12H12/c1-9-7-8-11-5-3-4-6-12(11)10(9)2/h3-7H,2,8H2,1H3. The van der Waals surface area contributed by atoms with E-state index in [1.54, 1.807) is 0 Å². The van der Waals surface area contributed by atoms with Crippen molar-refractivity contribution in [2.24, 2.45) is 0 Å². The number of fused-ring (bicyclic) bond motifs is 1. The van der Waals surface area contributed by atoms with Crippen molar-refractivity contribution < 1.29 is 0 Å². The first-order chi connectivity index (χ1) is 5.79. The zero-order valence-electron chi connectivity index (χ0n) is 7.30. The normalized spacial score (nSPS) is 15.4. The summed E-state index contributed by atoms with van der Waals surface area (Å²) in [6.45, 7) is 6.19. The van der Waals surface area contributed by atoms with E-state index in [2.05, 4.69) is 43.8 Å². The lowest BCUT2D eigenvalue weighted by atomic mass is 9.89. The number of allylic oxidation sites excluding steroid dienone is 3. The van der Waals surface area contributed by atoms with E-state index in [9.17, 15) is 0 Å². The van der Waals surface area contributed by atoms with Gasteiger partial charge in [0.25, 0.3) is 0 Å². The van der Waals surface area contributed by atoms with Gasteiger partial charge < -0.3 is 0 Å². The van der Waals surface area contributed by atoms with Crippen LogP contribution < -0.4 is 0 Å². The van der Waals surface area contributed by atoms with Crippen LogP contribution in [0.2, 0.25) is 0 Å². The van der Waals surface area contributed by atoms with Gasteiger partial charge in [-0.15, -0.1) is 0 Å². The van der Waals surface area contributed by atoms with E-state index in [4.69, 9.17) is 0 Å². The quantitative estimate of drug-likeness (QED) is 0.541. The number of hydrogen-bond acceptors (Lipinski definition) is 0. The molecule has 12 heavy (non-hydrogen) atoms. The molecule has 1 aliphatic rings. The maximum Gasteiger partial charge on any atom is -0.00854 e. The third-order valence-electron chi connectivity index (χ3n) is 2.45. The fourth-order valence-electron chi connectivity index (χ4n) is 1.59. The summed E-state index contributed by atoms with van der Waals surface area (Å²) in [5.41, 5.74) is 5.20. The molecule has 1 aromatic rings. The molecule has 0 aromatic heterocycles. The van der Waals surface area contributed by atoms with Crippen LogP contribution in [0.5, 0.6) is 0 Å². The Morgan fingerprint density at radius 2 is 2.00 bits per heavy atom. The third kappa shape index (κ3) is 1.00. The van der Waals surface area contributed by atoms with Gasteiger partial charge in [-0.05, 0) is 35.6 Å². The highest BCUT2D eigenvalue weighted by molar-refractivity contribution is 5.80. The second-order valence-electron chi connectivity index (χ2n) is 3.23. The average molecular weight is 156 g/mol. The van der Waals surface area contributed by atoms with Gasteiger partial charge in [-0.2, -0.15) is 0 Å². The largest absolute Gasteiger partial charge is 0.0909 e. The summed E-state index contributed by atoms with van der Waals surface area (Å²) in [6.07, 6.45) is 3.30. The van der Waals surface area contributed by atoms with Crippen molar-refractivity contribution in [1.82, 2.24) is 0 Å². The van der Waals surface area contributed by atoms with Gasteiger partial charge in [0.2, 0.25) is 0 Å². The highest BCUT2D eigenvalue weighted by Gasteiger charge is 2.10. The van der Waals surface area contributed by atoms with Crippen molar-refractivity contribution in [2.75, 3.05) is 0 Å². The summed E-state index contributed by atoms with van der Waals surface area (Å²) in [4.78, 5) is 0. The number of rotatable bonds is 0. The summed E-state index contributed by atoms with van der Waals surface area (Å²) in [5, 5.41) is 0.